The minimum Gasteiger partial charge on any atom is -0.360 e. The Morgan fingerprint density at radius 1 is 1.33 bits per heavy atom. The molecule has 2 heterocycles. The lowest BCUT2D eigenvalue weighted by molar-refractivity contribution is 0.266. The minimum atomic E-state index is 0.0858. The third-order valence-electron chi connectivity index (χ3n) is 2.88. The molecule has 116 valence electrons. The number of rotatable bonds is 6. The lowest BCUT2D eigenvalue weighted by atomic mass is 10.1. The summed E-state index contributed by atoms with van der Waals surface area (Å²) < 4.78 is 6.55. The van der Waals surface area contributed by atoms with Crippen LogP contribution >= 0.6 is 27.3 Å². The summed E-state index contributed by atoms with van der Waals surface area (Å²) in [5.41, 5.74) is 1.04. The van der Waals surface area contributed by atoms with Crippen LogP contribution in [-0.2, 0) is 19.6 Å². The Hall–Kier alpha value is -0.690. The molecule has 6 heteroatoms. The van der Waals surface area contributed by atoms with Crippen molar-refractivity contribution in [2.45, 2.75) is 45.9 Å². The van der Waals surface area contributed by atoms with E-state index in [1.54, 1.807) is 11.3 Å². The summed E-state index contributed by atoms with van der Waals surface area (Å²) in [7, 11) is 2.09. The normalized spacial score (nSPS) is 12.3. The molecule has 0 unspecified atom stereocenters. The molecular formula is C15H22BrN3OS. The summed E-state index contributed by atoms with van der Waals surface area (Å²) in [6, 6.07) is 4.18. The molecule has 2 rings (SSSR count). The maximum absolute atomic E-state index is 5.41. The molecule has 21 heavy (non-hydrogen) atoms. The number of nitrogens with zero attached hydrogens (tertiary/aromatic N) is 2. The second-order valence-electron chi connectivity index (χ2n) is 6.29. The van der Waals surface area contributed by atoms with E-state index in [1.807, 2.05) is 6.07 Å². The van der Waals surface area contributed by atoms with Crippen LogP contribution in [0, 0.1) is 0 Å². The highest BCUT2D eigenvalue weighted by molar-refractivity contribution is 9.10. The van der Waals surface area contributed by atoms with Crippen LogP contribution in [0.2, 0.25) is 0 Å². The highest BCUT2D eigenvalue weighted by Crippen LogP contribution is 2.21. The zero-order chi connectivity index (χ0) is 15.5. The molecule has 0 spiro atoms. The molecule has 0 bridgehead atoms. The maximum Gasteiger partial charge on any atom is 0.151 e. The molecular weight excluding hydrogens is 350 g/mol. The molecule has 1 N–H and O–H groups in total. The van der Waals surface area contributed by atoms with Crippen molar-refractivity contribution in [1.82, 2.24) is 15.4 Å². The first-order chi connectivity index (χ1) is 9.82. The van der Waals surface area contributed by atoms with Crippen molar-refractivity contribution >= 4 is 27.3 Å². The van der Waals surface area contributed by atoms with Crippen molar-refractivity contribution < 1.29 is 4.52 Å². The smallest absolute Gasteiger partial charge is 0.151 e. The molecule has 0 fully saturated rings. The third-order valence-corrected chi connectivity index (χ3v) is 4.56. The largest absolute Gasteiger partial charge is 0.360 e. The van der Waals surface area contributed by atoms with E-state index in [-0.39, 0.29) is 5.54 Å². The lowest BCUT2D eigenvalue weighted by Gasteiger charge is -2.19. The first kappa shape index (κ1) is 16.7. The number of thiophene rings is 1. The monoisotopic (exact) mass is 371 g/mol. The molecule has 0 aliphatic rings. The van der Waals surface area contributed by atoms with E-state index in [0.29, 0.717) is 0 Å². The van der Waals surface area contributed by atoms with Crippen LogP contribution in [0.4, 0.5) is 0 Å². The third kappa shape index (κ3) is 5.90. The van der Waals surface area contributed by atoms with Gasteiger partial charge in [-0.25, -0.2) is 0 Å². The first-order valence-corrected chi connectivity index (χ1v) is 8.60. The zero-order valence-electron chi connectivity index (χ0n) is 12.9. The Labute approximate surface area is 138 Å². The first-order valence-electron chi connectivity index (χ1n) is 6.93. The Balaban J connectivity index is 1.84. The maximum atomic E-state index is 5.41. The Morgan fingerprint density at radius 2 is 2.10 bits per heavy atom. The number of halogens is 1. The van der Waals surface area contributed by atoms with Crippen molar-refractivity contribution in [3.8, 4) is 0 Å². The van der Waals surface area contributed by atoms with Crippen LogP contribution in [-0.4, -0.2) is 22.6 Å². The second-order valence-corrected chi connectivity index (χ2v) is 8.20. The van der Waals surface area contributed by atoms with Crippen molar-refractivity contribution in [1.29, 1.82) is 0 Å². The zero-order valence-corrected chi connectivity index (χ0v) is 15.3. The SMILES string of the molecule is CN(Cc1cc(CNC(C)(C)C)no1)Cc1cc(Br)cs1. The van der Waals surface area contributed by atoms with E-state index in [0.717, 1.165) is 35.6 Å². The van der Waals surface area contributed by atoms with Gasteiger partial charge in [0.25, 0.3) is 0 Å². The van der Waals surface area contributed by atoms with Gasteiger partial charge in [0.1, 0.15) is 0 Å². The Bertz CT molecular complexity index is 573. The van der Waals surface area contributed by atoms with Gasteiger partial charge in [0.2, 0.25) is 0 Å². The van der Waals surface area contributed by atoms with Gasteiger partial charge in [-0.05, 0) is 49.8 Å². The van der Waals surface area contributed by atoms with Crippen molar-refractivity contribution in [2.24, 2.45) is 0 Å². The average molecular weight is 372 g/mol. The fourth-order valence-electron chi connectivity index (χ4n) is 1.89. The Morgan fingerprint density at radius 3 is 2.71 bits per heavy atom. The number of nitrogens with one attached hydrogen (secondary N) is 1. The fraction of sp³-hybridized carbons (Fsp3) is 0.533. The summed E-state index contributed by atoms with van der Waals surface area (Å²) in [6.07, 6.45) is 0. The van der Waals surface area contributed by atoms with Gasteiger partial charge in [-0.3, -0.25) is 4.90 Å². The highest BCUT2D eigenvalue weighted by Gasteiger charge is 2.12. The molecule has 0 saturated heterocycles. The second kappa shape index (κ2) is 7.05. The van der Waals surface area contributed by atoms with Gasteiger partial charge in [-0.15, -0.1) is 11.3 Å². The van der Waals surface area contributed by atoms with Gasteiger partial charge < -0.3 is 9.84 Å². The van der Waals surface area contributed by atoms with Crippen molar-refractivity contribution in [2.75, 3.05) is 7.05 Å². The van der Waals surface area contributed by atoms with Gasteiger partial charge in [0.15, 0.2) is 5.76 Å². The van der Waals surface area contributed by atoms with Crippen molar-refractivity contribution in [3.05, 3.63) is 38.3 Å². The summed E-state index contributed by atoms with van der Waals surface area (Å²) in [5, 5.41) is 9.63. The van der Waals surface area contributed by atoms with Gasteiger partial charge in [-0.1, -0.05) is 5.16 Å². The minimum absolute atomic E-state index is 0.0858. The van der Waals surface area contributed by atoms with E-state index in [2.05, 4.69) is 70.6 Å². The number of aromatic nitrogens is 1. The summed E-state index contributed by atoms with van der Waals surface area (Å²) in [4.78, 5) is 3.55. The van der Waals surface area contributed by atoms with Gasteiger partial charge >= 0.3 is 0 Å². The summed E-state index contributed by atoms with van der Waals surface area (Å²) in [6.45, 7) is 8.82. The molecule has 0 radical (unpaired) electrons. The average Bonchev–Trinajstić information content (AvgIpc) is 2.95. The quantitative estimate of drug-likeness (QED) is 0.832. The standard InChI is InChI=1S/C15H22BrN3OS/c1-15(2,3)17-7-12-6-13(20-18-12)8-19(4)9-14-5-11(16)10-21-14/h5-6,10,17H,7-9H2,1-4H3. The van der Waals surface area contributed by atoms with Crippen LogP contribution in [0.5, 0.6) is 0 Å². The molecule has 0 aliphatic carbocycles. The van der Waals surface area contributed by atoms with Gasteiger partial charge in [-0.2, -0.15) is 0 Å². The molecule has 0 amide bonds. The predicted molar refractivity (Wildman–Crippen MR) is 90.3 cm³/mol. The topological polar surface area (TPSA) is 41.3 Å². The van der Waals surface area contributed by atoms with Crippen molar-refractivity contribution in [3.63, 3.8) is 0 Å². The lowest BCUT2D eigenvalue weighted by Crippen LogP contribution is -2.35. The molecule has 2 aromatic heterocycles. The van der Waals surface area contributed by atoms with Gasteiger partial charge in [0, 0.05) is 39.4 Å². The van der Waals surface area contributed by atoms with Crippen LogP contribution in [0.3, 0.4) is 0 Å². The molecule has 0 aromatic carbocycles. The van der Waals surface area contributed by atoms with Crippen LogP contribution in [0.15, 0.2) is 26.5 Å². The van der Waals surface area contributed by atoms with E-state index < -0.39 is 0 Å². The predicted octanol–water partition coefficient (Wildman–Crippen LogP) is 4.02. The van der Waals surface area contributed by atoms with Crippen LogP contribution in [0.1, 0.15) is 37.1 Å². The summed E-state index contributed by atoms with van der Waals surface area (Å²) in [5.74, 6) is 0.902. The van der Waals surface area contributed by atoms with E-state index in [9.17, 15) is 0 Å². The van der Waals surface area contributed by atoms with E-state index >= 15 is 0 Å². The molecule has 4 nitrogen and oxygen atoms in total. The fourth-order valence-corrected chi connectivity index (χ4v) is 3.42. The van der Waals surface area contributed by atoms with E-state index in [1.165, 1.54) is 4.88 Å². The van der Waals surface area contributed by atoms with Crippen LogP contribution in [0.25, 0.3) is 0 Å². The summed E-state index contributed by atoms with van der Waals surface area (Å²) >= 11 is 5.24. The number of hydrogen-bond donors (Lipinski definition) is 1. The molecule has 0 aliphatic heterocycles. The number of hydrogen-bond acceptors (Lipinski definition) is 5. The highest BCUT2D eigenvalue weighted by atomic mass is 79.9. The van der Waals surface area contributed by atoms with E-state index in [4.69, 9.17) is 4.52 Å². The molecule has 0 saturated carbocycles. The molecule has 2 aromatic rings. The van der Waals surface area contributed by atoms with Gasteiger partial charge in [0.05, 0.1) is 12.2 Å². The Kier molecular flexibility index (Phi) is 5.60. The molecule has 0 atom stereocenters. The van der Waals surface area contributed by atoms with Crippen LogP contribution < -0.4 is 5.32 Å².